The Labute approximate surface area is 153 Å². The molecule has 0 bridgehead atoms. The highest BCUT2D eigenvalue weighted by Crippen LogP contribution is 2.35. The molecular formula is C17H24F2IN3. The van der Waals surface area contributed by atoms with Crippen LogP contribution in [0.3, 0.4) is 0 Å². The third-order valence-corrected chi connectivity index (χ3v) is 4.93. The number of benzene rings is 1. The topological polar surface area (TPSA) is 27.6 Å². The first-order chi connectivity index (χ1) is 10.7. The molecule has 1 aromatic carbocycles. The van der Waals surface area contributed by atoms with Crippen molar-refractivity contribution in [2.45, 2.75) is 32.2 Å². The molecule has 23 heavy (non-hydrogen) atoms. The zero-order valence-corrected chi connectivity index (χ0v) is 15.7. The maximum Gasteiger partial charge on any atom is 0.193 e. The molecular weight excluding hydrogens is 411 g/mol. The fourth-order valence-electron chi connectivity index (χ4n) is 3.76. The summed E-state index contributed by atoms with van der Waals surface area (Å²) in [7, 11) is 1.74. The summed E-state index contributed by atoms with van der Waals surface area (Å²) < 4.78 is 26.9. The van der Waals surface area contributed by atoms with Crippen LogP contribution in [0.5, 0.6) is 0 Å². The fraction of sp³-hybridized carbons (Fsp3) is 0.588. The number of hydrogen-bond acceptors (Lipinski definition) is 1. The molecule has 2 aliphatic rings. The van der Waals surface area contributed by atoms with Crippen molar-refractivity contribution in [3.8, 4) is 0 Å². The summed E-state index contributed by atoms with van der Waals surface area (Å²) in [4.78, 5) is 6.57. The quantitative estimate of drug-likeness (QED) is 0.435. The molecule has 1 N–H and O–H groups in total. The van der Waals surface area contributed by atoms with E-state index in [2.05, 4.69) is 15.2 Å². The SMILES string of the molecule is CN=C(NCc1cc(F)ccc1F)N1CC2CCCCC2C1.I. The van der Waals surface area contributed by atoms with Crippen LogP contribution in [0.1, 0.15) is 31.2 Å². The van der Waals surface area contributed by atoms with E-state index in [4.69, 9.17) is 0 Å². The van der Waals surface area contributed by atoms with Gasteiger partial charge in [0.1, 0.15) is 11.6 Å². The molecule has 0 amide bonds. The summed E-state index contributed by atoms with van der Waals surface area (Å²) in [5.41, 5.74) is 0.331. The van der Waals surface area contributed by atoms with Gasteiger partial charge >= 0.3 is 0 Å². The van der Waals surface area contributed by atoms with Crippen molar-refractivity contribution in [2.24, 2.45) is 16.8 Å². The molecule has 1 aliphatic carbocycles. The summed E-state index contributed by atoms with van der Waals surface area (Å²) in [6, 6.07) is 3.54. The van der Waals surface area contributed by atoms with Gasteiger partial charge in [-0.05, 0) is 42.9 Å². The van der Waals surface area contributed by atoms with E-state index in [1.807, 2.05) is 0 Å². The number of aliphatic imine (C=N–C) groups is 1. The second kappa shape index (κ2) is 8.26. The first kappa shape index (κ1) is 18.4. The Bertz CT molecular complexity index is 551. The molecule has 6 heteroatoms. The van der Waals surface area contributed by atoms with Crippen LogP contribution in [0.15, 0.2) is 23.2 Å². The maximum atomic E-state index is 13.7. The molecule has 0 aromatic heterocycles. The van der Waals surface area contributed by atoms with Crippen LogP contribution in [-0.4, -0.2) is 31.0 Å². The van der Waals surface area contributed by atoms with Crippen molar-refractivity contribution in [3.63, 3.8) is 0 Å². The van der Waals surface area contributed by atoms with Gasteiger partial charge in [0.15, 0.2) is 5.96 Å². The Morgan fingerprint density at radius 2 is 1.87 bits per heavy atom. The van der Waals surface area contributed by atoms with Gasteiger partial charge in [-0.2, -0.15) is 0 Å². The summed E-state index contributed by atoms with van der Waals surface area (Å²) in [6.07, 6.45) is 5.26. The van der Waals surface area contributed by atoms with Crippen LogP contribution in [0.25, 0.3) is 0 Å². The standard InChI is InChI=1S/C17H23F2N3.HI/c1-20-17(21-9-14-8-15(18)6-7-16(14)19)22-10-12-4-2-3-5-13(12)11-22;/h6-8,12-13H,2-5,9-11H2,1H3,(H,20,21);1H. The van der Waals surface area contributed by atoms with E-state index in [0.717, 1.165) is 37.0 Å². The number of likely N-dealkylation sites (tertiary alicyclic amines) is 1. The van der Waals surface area contributed by atoms with Gasteiger partial charge in [0.25, 0.3) is 0 Å². The summed E-state index contributed by atoms with van der Waals surface area (Å²) >= 11 is 0. The molecule has 2 atom stereocenters. The summed E-state index contributed by atoms with van der Waals surface area (Å²) in [5, 5.41) is 3.17. The third kappa shape index (κ3) is 4.33. The van der Waals surface area contributed by atoms with Gasteiger partial charge in [-0.15, -0.1) is 24.0 Å². The molecule has 128 valence electrons. The lowest BCUT2D eigenvalue weighted by molar-refractivity contribution is 0.299. The monoisotopic (exact) mass is 435 g/mol. The first-order valence-electron chi connectivity index (χ1n) is 8.07. The Morgan fingerprint density at radius 3 is 2.48 bits per heavy atom. The van der Waals surface area contributed by atoms with Crippen LogP contribution in [0.2, 0.25) is 0 Å². The van der Waals surface area contributed by atoms with E-state index in [0.29, 0.717) is 5.56 Å². The summed E-state index contributed by atoms with van der Waals surface area (Å²) in [6.45, 7) is 2.30. The van der Waals surface area contributed by atoms with E-state index >= 15 is 0 Å². The minimum atomic E-state index is -0.416. The zero-order valence-electron chi connectivity index (χ0n) is 13.4. The van der Waals surface area contributed by atoms with Crippen molar-refractivity contribution >= 4 is 29.9 Å². The van der Waals surface area contributed by atoms with Crippen LogP contribution in [0, 0.1) is 23.5 Å². The molecule has 2 unspecified atom stereocenters. The molecule has 1 saturated heterocycles. The van der Waals surface area contributed by atoms with Crippen molar-refractivity contribution in [2.75, 3.05) is 20.1 Å². The molecule has 1 aliphatic heterocycles. The number of guanidine groups is 1. The van der Waals surface area contributed by atoms with Crippen LogP contribution < -0.4 is 5.32 Å². The van der Waals surface area contributed by atoms with Gasteiger partial charge in [-0.1, -0.05) is 12.8 Å². The van der Waals surface area contributed by atoms with Gasteiger partial charge in [-0.3, -0.25) is 4.99 Å². The fourth-order valence-corrected chi connectivity index (χ4v) is 3.76. The first-order valence-corrected chi connectivity index (χ1v) is 8.07. The molecule has 1 heterocycles. The number of rotatable bonds is 2. The highest BCUT2D eigenvalue weighted by atomic mass is 127. The van der Waals surface area contributed by atoms with Crippen LogP contribution in [0.4, 0.5) is 8.78 Å². The Morgan fingerprint density at radius 1 is 1.22 bits per heavy atom. The van der Waals surface area contributed by atoms with Gasteiger partial charge in [0.05, 0.1) is 0 Å². The lowest BCUT2D eigenvalue weighted by Crippen LogP contribution is -2.40. The highest BCUT2D eigenvalue weighted by Gasteiger charge is 2.35. The van der Waals surface area contributed by atoms with E-state index in [1.54, 1.807) is 7.05 Å². The van der Waals surface area contributed by atoms with E-state index in [-0.39, 0.29) is 36.3 Å². The second-order valence-electron chi connectivity index (χ2n) is 6.35. The molecule has 0 radical (unpaired) electrons. The zero-order chi connectivity index (χ0) is 15.5. The molecule has 2 fully saturated rings. The third-order valence-electron chi connectivity index (χ3n) is 4.93. The molecule has 1 saturated carbocycles. The maximum absolute atomic E-state index is 13.7. The highest BCUT2D eigenvalue weighted by molar-refractivity contribution is 14.0. The van der Waals surface area contributed by atoms with Gasteiger partial charge in [0.2, 0.25) is 0 Å². The van der Waals surface area contributed by atoms with Gasteiger partial charge in [0, 0.05) is 32.2 Å². The van der Waals surface area contributed by atoms with Crippen LogP contribution >= 0.6 is 24.0 Å². The average molecular weight is 435 g/mol. The number of nitrogens with zero attached hydrogens (tertiary/aromatic N) is 2. The van der Waals surface area contributed by atoms with Crippen molar-refractivity contribution in [1.29, 1.82) is 0 Å². The van der Waals surface area contributed by atoms with Gasteiger partial charge in [-0.25, -0.2) is 8.78 Å². The predicted molar refractivity (Wildman–Crippen MR) is 99.0 cm³/mol. The van der Waals surface area contributed by atoms with E-state index < -0.39 is 5.82 Å². The predicted octanol–water partition coefficient (Wildman–Crippen LogP) is 3.78. The average Bonchev–Trinajstić information content (AvgIpc) is 2.95. The summed E-state index contributed by atoms with van der Waals surface area (Å²) in [5.74, 6) is 1.51. The largest absolute Gasteiger partial charge is 0.352 e. The number of nitrogens with one attached hydrogen (secondary N) is 1. The van der Waals surface area contributed by atoms with E-state index in [9.17, 15) is 8.78 Å². The lowest BCUT2D eigenvalue weighted by Gasteiger charge is -2.22. The van der Waals surface area contributed by atoms with Crippen molar-refractivity contribution in [1.82, 2.24) is 10.2 Å². The Balaban J connectivity index is 0.00000192. The van der Waals surface area contributed by atoms with Gasteiger partial charge < -0.3 is 10.2 Å². The minimum Gasteiger partial charge on any atom is -0.352 e. The Hall–Kier alpha value is -0.920. The molecule has 3 nitrogen and oxygen atoms in total. The van der Waals surface area contributed by atoms with Crippen molar-refractivity contribution < 1.29 is 8.78 Å². The smallest absolute Gasteiger partial charge is 0.193 e. The number of fused-ring (bicyclic) bond motifs is 1. The molecule has 1 aromatic rings. The van der Waals surface area contributed by atoms with Crippen molar-refractivity contribution in [3.05, 3.63) is 35.4 Å². The second-order valence-corrected chi connectivity index (χ2v) is 6.35. The lowest BCUT2D eigenvalue weighted by atomic mass is 9.82. The van der Waals surface area contributed by atoms with Crippen LogP contribution in [-0.2, 0) is 6.54 Å². The normalized spacial score (nSPS) is 24.1. The number of halogens is 3. The molecule has 3 rings (SSSR count). The van der Waals surface area contributed by atoms with E-state index in [1.165, 1.54) is 37.8 Å². The number of hydrogen-bond donors (Lipinski definition) is 1. The minimum absolute atomic E-state index is 0. The Kier molecular flexibility index (Phi) is 6.61. The molecule has 0 spiro atoms.